The number of aliphatic hydroxyl groups is 1. The van der Waals surface area contributed by atoms with Crippen LogP contribution in [0.1, 0.15) is 59.9 Å². The molecule has 2 unspecified atom stereocenters. The SMILES string of the molecule is COc1ccc(CC(NC(=O)OC(C)(C)C)C2(O)CC(CCO[Si](C)(C)C(C)(C)C)=NO2)cc1. The van der Waals surface area contributed by atoms with Crippen molar-refractivity contribution in [3.8, 4) is 5.75 Å². The van der Waals surface area contributed by atoms with Crippen molar-refractivity contribution < 1.29 is 28.6 Å². The van der Waals surface area contributed by atoms with Crippen molar-refractivity contribution in [2.45, 2.75) is 96.4 Å². The standard InChI is InChI=1S/C25H42N2O6Si/c1-23(2,3)32-22(28)26-21(16-18-10-12-20(30-7)13-11-18)25(29)17-19(27-33-25)14-15-31-34(8,9)24(4,5)6/h10-13,21,29H,14-17H2,1-9H3,(H,26,28). The third-order valence-corrected chi connectivity index (χ3v) is 10.8. The molecule has 0 saturated carbocycles. The van der Waals surface area contributed by atoms with Gasteiger partial charge in [-0.3, -0.25) is 0 Å². The van der Waals surface area contributed by atoms with Crippen molar-refractivity contribution >= 4 is 20.1 Å². The number of amides is 1. The maximum Gasteiger partial charge on any atom is 0.408 e. The average molecular weight is 495 g/mol. The summed E-state index contributed by atoms with van der Waals surface area (Å²) in [6, 6.07) is 6.66. The highest BCUT2D eigenvalue weighted by Crippen LogP contribution is 2.37. The number of hydrogen-bond acceptors (Lipinski definition) is 7. The summed E-state index contributed by atoms with van der Waals surface area (Å²) in [6.07, 6.45) is 0.419. The normalized spacial score (nSPS) is 19.8. The lowest BCUT2D eigenvalue weighted by atomic mass is 9.94. The fourth-order valence-corrected chi connectivity index (χ4v) is 4.28. The quantitative estimate of drug-likeness (QED) is 0.468. The van der Waals surface area contributed by atoms with Gasteiger partial charge in [0.2, 0.25) is 0 Å². The second kappa shape index (κ2) is 10.7. The molecule has 0 fully saturated rings. The minimum Gasteiger partial charge on any atom is -0.497 e. The molecule has 1 amide bonds. The van der Waals surface area contributed by atoms with Gasteiger partial charge in [0.05, 0.1) is 19.2 Å². The molecule has 1 heterocycles. The molecule has 192 valence electrons. The number of ether oxygens (including phenoxy) is 2. The molecule has 34 heavy (non-hydrogen) atoms. The molecule has 1 aliphatic rings. The Morgan fingerprint density at radius 1 is 1.21 bits per heavy atom. The molecular weight excluding hydrogens is 452 g/mol. The Labute approximate surface area is 205 Å². The van der Waals surface area contributed by atoms with E-state index in [1.807, 2.05) is 24.3 Å². The van der Waals surface area contributed by atoms with E-state index in [9.17, 15) is 9.90 Å². The van der Waals surface area contributed by atoms with E-state index < -0.39 is 31.8 Å². The highest BCUT2D eigenvalue weighted by molar-refractivity contribution is 6.74. The van der Waals surface area contributed by atoms with Gasteiger partial charge in [-0.05, 0) is 63.0 Å². The second-order valence-electron chi connectivity index (χ2n) is 11.4. The molecule has 2 atom stereocenters. The molecule has 8 nitrogen and oxygen atoms in total. The zero-order valence-corrected chi connectivity index (χ0v) is 23.2. The Morgan fingerprint density at radius 3 is 2.35 bits per heavy atom. The molecule has 2 rings (SSSR count). The molecule has 0 spiro atoms. The Balaban J connectivity index is 2.09. The van der Waals surface area contributed by atoms with Crippen LogP contribution in [-0.4, -0.2) is 56.4 Å². The summed E-state index contributed by atoms with van der Waals surface area (Å²) < 4.78 is 16.9. The number of carbonyl (C=O) groups excluding carboxylic acids is 1. The summed E-state index contributed by atoms with van der Waals surface area (Å²) in [7, 11) is -0.278. The third kappa shape index (κ3) is 7.99. The summed E-state index contributed by atoms with van der Waals surface area (Å²) in [6.45, 7) is 16.9. The Kier molecular flexibility index (Phi) is 8.82. The number of nitrogens with zero attached hydrogens (tertiary/aromatic N) is 1. The van der Waals surface area contributed by atoms with Crippen molar-refractivity contribution in [3.05, 3.63) is 29.8 Å². The van der Waals surface area contributed by atoms with Crippen LogP contribution in [0.2, 0.25) is 18.1 Å². The van der Waals surface area contributed by atoms with E-state index in [0.717, 1.165) is 11.3 Å². The predicted octanol–water partition coefficient (Wildman–Crippen LogP) is 5.01. The van der Waals surface area contributed by atoms with E-state index in [-0.39, 0.29) is 11.5 Å². The molecule has 1 aromatic rings. The van der Waals surface area contributed by atoms with Gasteiger partial charge in [-0.15, -0.1) is 0 Å². The Bertz CT molecular complexity index is 858. The zero-order chi connectivity index (χ0) is 25.8. The third-order valence-electron chi connectivity index (χ3n) is 6.28. The molecule has 0 radical (unpaired) electrons. The van der Waals surface area contributed by atoms with E-state index in [2.05, 4.69) is 44.3 Å². The number of methoxy groups -OCH3 is 1. The summed E-state index contributed by atoms with van der Waals surface area (Å²) in [5, 5.41) is 18.4. The van der Waals surface area contributed by atoms with Crippen LogP contribution in [0.4, 0.5) is 4.79 Å². The molecule has 0 saturated heterocycles. The molecule has 0 aromatic heterocycles. The van der Waals surface area contributed by atoms with Crippen LogP contribution in [0.15, 0.2) is 29.4 Å². The Morgan fingerprint density at radius 2 is 1.82 bits per heavy atom. The molecule has 2 N–H and O–H groups in total. The number of hydrogen-bond donors (Lipinski definition) is 2. The van der Waals surface area contributed by atoms with Gasteiger partial charge in [0.25, 0.3) is 5.79 Å². The minimum absolute atomic E-state index is 0.114. The first kappa shape index (κ1) is 28.1. The number of nitrogens with one attached hydrogen (secondary N) is 1. The molecule has 1 aliphatic heterocycles. The van der Waals surface area contributed by atoms with Crippen LogP contribution in [0, 0.1) is 0 Å². The van der Waals surface area contributed by atoms with Crippen LogP contribution in [-0.2, 0) is 20.4 Å². The zero-order valence-electron chi connectivity index (χ0n) is 22.2. The number of benzene rings is 1. The first-order chi connectivity index (χ1) is 15.5. The van der Waals surface area contributed by atoms with Crippen molar-refractivity contribution in [1.82, 2.24) is 5.32 Å². The highest BCUT2D eigenvalue weighted by Gasteiger charge is 2.46. The van der Waals surface area contributed by atoms with Crippen molar-refractivity contribution in [1.29, 1.82) is 0 Å². The Hall–Kier alpha value is -2.10. The monoisotopic (exact) mass is 494 g/mol. The topological polar surface area (TPSA) is 98.6 Å². The molecule has 9 heteroatoms. The van der Waals surface area contributed by atoms with Gasteiger partial charge in [0, 0.05) is 13.0 Å². The van der Waals surface area contributed by atoms with Crippen LogP contribution < -0.4 is 10.1 Å². The van der Waals surface area contributed by atoms with Crippen LogP contribution in [0.3, 0.4) is 0 Å². The first-order valence-corrected chi connectivity index (χ1v) is 14.7. The fourth-order valence-electron chi connectivity index (χ4n) is 3.23. The number of alkyl carbamates (subject to hydrolysis) is 1. The predicted molar refractivity (Wildman–Crippen MR) is 136 cm³/mol. The number of oxime groups is 1. The molecule has 0 aliphatic carbocycles. The van der Waals surface area contributed by atoms with Gasteiger partial charge in [-0.2, -0.15) is 0 Å². The average Bonchev–Trinajstić information content (AvgIpc) is 3.08. The van der Waals surface area contributed by atoms with Gasteiger partial charge in [-0.25, -0.2) is 4.79 Å². The lowest BCUT2D eigenvalue weighted by Crippen LogP contribution is -2.55. The van der Waals surface area contributed by atoms with Crippen LogP contribution in [0.5, 0.6) is 5.75 Å². The number of carbonyl (C=O) groups is 1. The van der Waals surface area contributed by atoms with Crippen molar-refractivity contribution in [2.24, 2.45) is 5.16 Å². The molecular formula is C25H42N2O6Si. The summed E-state index contributed by atoms with van der Waals surface area (Å²) >= 11 is 0. The van der Waals surface area contributed by atoms with E-state index >= 15 is 0 Å². The molecule has 1 aromatic carbocycles. The maximum absolute atomic E-state index is 12.5. The van der Waals surface area contributed by atoms with Gasteiger partial charge in [0.1, 0.15) is 17.4 Å². The van der Waals surface area contributed by atoms with Gasteiger partial charge < -0.3 is 29.2 Å². The van der Waals surface area contributed by atoms with E-state index in [0.29, 0.717) is 25.2 Å². The first-order valence-electron chi connectivity index (χ1n) is 11.8. The summed E-state index contributed by atoms with van der Waals surface area (Å²) in [5.41, 5.74) is 0.928. The maximum atomic E-state index is 12.5. The van der Waals surface area contributed by atoms with Gasteiger partial charge >= 0.3 is 6.09 Å². The lowest BCUT2D eigenvalue weighted by Gasteiger charge is -2.36. The second-order valence-corrected chi connectivity index (χ2v) is 16.2. The van der Waals surface area contributed by atoms with Gasteiger partial charge in [0.15, 0.2) is 8.32 Å². The smallest absolute Gasteiger partial charge is 0.408 e. The summed E-state index contributed by atoms with van der Waals surface area (Å²) in [4.78, 5) is 18.1. The van der Waals surface area contributed by atoms with E-state index in [1.54, 1.807) is 27.9 Å². The van der Waals surface area contributed by atoms with Crippen LogP contribution in [0.25, 0.3) is 0 Å². The van der Waals surface area contributed by atoms with Crippen molar-refractivity contribution in [3.63, 3.8) is 0 Å². The summed E-state index contributed by atoms with van der Waals surface area (Å²) in [5.74, 6) is -0.966. The largest absolute Gasteiger partial charge is 0.497 e. The lowest BCUT2D eigenvalue weighted by molar-refractivity contribution is -0.203. The minimum atomic E-state index is -1.88. The molecule has 0 bridgehead atoms. The van der Waals surface area contributed by atoms with E-state index in [4.69, 9.17) is 18.7 Å². The number of rotatable bonds is 9. The van der Waals surface area contributed by atoms with Crippen molar-refractivity contribution in [2.75, 3.05) is 13.7 Å². The van der Waals surface area contributed by atoms with E-state index in [1.165, 1.54) is 0 Å². The van der Waals surface area contributed by atoms with Crippen LogP contribution >= 0.6 is 0 Å². The highest BCUT2D eigenvalue weighted by atomic mass is 28.4. The fraction of sp³-hybridized carbons (Fsp3) is 0.680. The van der Waals surface area contributed by atoms with Gasteiger partial charge in [-0.1, -0.05) is 38.1 Å².